The van der Waals surface area contributed by atoms with Crippen molar-refractivity contribution in [2.75, 3.05) is 44.1 Å². The molecule has 9 heterocycles. The molecular formula is C32H40N15O22P4S2-3. The summed E-state index contributed by atoms with van der Waals surface area (Å²) in [5.41, 5.74) is 15.5. The molecule has 0 spiro atoms. The first-order valence-electron chi connectivity index (χ1n) is 21.1. The number of rotatable bonds is 19. The van der Waals surface area contributed by atoms with Gasteiger partial charge in [-0.25, -0.2) is 24.5 Å². The Morgan fingerprint density at radius 2 is 1.36 bits per heavy atom. The third kappa shape index (κ3) is 11.2. The molecular weight excluding hydrogens is 1130 g/mol. The number of H-pyrrole nitrogens is 2. The number of hydrogen-bond acceptors (Lipinski definition) is 33. The molecule has 0 bridgehead atoms. The van der Waals surface area contributed by atoms with Crippen molar-refractivity contribution in [1.29, 1.82) is 0 Å². The molecule has 9 rings (SSSR count). The molecule has 410 valence electrons. The van der Waals surface area contributed by atoms with E-state index in [0.29, 0.717) is 0 Å². The molecule has 16 unspecified atom stereocenters. The molecule has 12 N–H and O–H groups in total. The van der Waals surface area contributed by atoms with Gasteiger partial charge in [0, 0.05) is 7.11 Å². The summed E-state index contributed by atoms with van der Waals surface area (Å²) in [6.07, 6.45) is -15.5. The molecule has 3 saturated heterocycles. The van der Waals surface area contributed by atoms with Gasteiger partial charge in [0.1, 0.15) is 73.5 Å². The summed E-state index contributed by atoms with van der Waals surface area (Å²) in [5.74, 6) is -0.680. The van der Waals surface area contributed by atoms with E-state index in [1.807, 2.05) is 0 Å². The van der Waals surface area contributed by atoms with Crippen LogP contribution in [0.3, 0.4) is 0 Å². The van der Waals surface area contributed by atoms with Gasteiger partial charge in [-0.1, -0.05) is 16.8 Å². The number of ether oxygens (including phenoxy) is 4. The molecule has 16 atom stereocenters. The number of aliphatic hydroxyl groups is 4. The summed E-state index contributed by atoms with van der Waals surface area (Å²) in [4.78, 5) is 93.1. The van der Waals surface area contributed by atoms with Gasteiger partial charge in [-0.15, -0.1) is 0 Å². The van der Waals surface area contributed by atoms with Crippen LogP contribution in [-0.2, 0) is 90.5 Å². The molecule has 6 aromatic rings. The molecule has 3 fully saturated rings. The number of fused-ring (bicyclic) bond motifs is 3. The summed E-state index contributed by atoms with van der Waals surface area (Å²) >= 11 is 9.47. The van der Waals surface area contributed by atoms with Crippen LogP contribution < -0.4 is 47.6 Å². The van der Waals surface area contributed by atoms with Crippen LogP contribution in [0.5, 0.6) is 0 Å². The largest absolute Gasteiger partial charge is 0.779 e. The monoisotopic (exact) mass is 1170 g/mol. The van der Waals surface area contributed by atoms with Gasteiger partial charge in [-0.2, -0.15) is 4.98 Å². The van der Waals surface area contributed by atoms with Crippen molar-refractivity contribution in [1.82, 2.24) is 53.6 Å². The highest BCUT2D eigenvalue weighted by atomic mass is 32.7. The van der Waals surface area contributed by atoms with Crippen molar-refractivity contribution in [2.24, 2.45) is 7.05 Å². The molecule has 37 nitrogen and oxygen atoms in total. The van der Waals surface area contributed by atoms with Crippen LogP contribution in [0.15, 0.2) is 34.9 Å². The van der Waals surface area contributed by atoms with Gasteiger partial charge in [0.05, 0.1) is 39.5 Å². The number of aryl methyl sites for hydroxylation is 1. The first-order chi connectivity index (χ1) is 35.2. The number of aliphatic hydroxyl groups excluding tert-OH is 4. The Kier molecular flexibility index (Phi) is 15.4. The second-order valence-electron chi connectivity index (χ2n) is 16.4. The highest BCUT2D eigenvalue weighted by Crippen LogP contribution is 2.65. The maximum atomic E-state index is 13.6. The minimum atomic E-state index is -5.89. The Morgan fingerprint density at radius 1 is 0.760 bits per heavy atom. The number of phosphoric ester groups is 2. The fraction of sp³-hybridized carbons (Fsp3) is 0.531. The van der Waals surface area contributed by atoms with E-state index in [4.69, 9.17) is 66.5 Å². The van der Waals surface area contributed by atoms with E-state index in [9.17, 15) is 58.4 Å². The zero-order chi connectivity index (χ0) is 54.3. The molecule has 3 aliphatic heterocycles. The minimum Gasteiger partial charge on any atom is -0.779 e. The van der Waals surface area contributed by atoms with E-state index in [1.54, 1.807) is 0 Å². The number of imidazole rings is 3. The van der Waals surface area contributed by atoms with Crippen LogP contribution >= 0.6 is 29.2 Å². The smallest absolute Gasteiger partial charge is 0.313 e. The zero-order valence-corrected chi connectivity index (χ0v) is 43.0. The van der Waals surface area contributed by atoms with Crippen LogP contribution in [-0.4, -0.2) is 156 Å². The normalized spacial score (nSPS) is 30.5. The predicted octanol–water partition coefficient (Wildman–Crippen LogP) is -5.94. The number of phosphoric acid groups is 2. The Hall–Kier alpha value is -4.34. The number of nitrogens with one attached hydrogen (secondary N) is 2. The lowest BCUT2D eigenvalue weighted by molar-refractivity contribution is -0.745. The number of hydrogen-bond donors (Lipinski definition) is 9. The SMILES string of the molecule is COC1C(OP(=O)([O-])OCC2OC(n3cnc4c(=O)[nH]c(N)nc43)C(O)C2O)C(COP(=O)([S-])OP([O-])(=S)OP(=O)([O-])OCC2OC([n+]3cn(C)c4c(=O)[nH]c(N)nc43)C(O)C2O)OC1n1cnc2c(N)ncnc21. The highest BCUT2D eigenvalue weighted by Gasteiger charge is 2.51. The number of anilines is 3. The van der Waals surface area contributed by atoms with E-state index in [2.05, 4.69) is 60.3 Å². The van der Waals surface area contributed by atoms with Gasteiger partial charge in [-0.3, -0.25) is 55.6 Å². The molecule has 0 amide bonds. The molecule has 43 heteroatoms. The van der Waals surface area contributed by atoms with Crippen molar-refractivity contribution in [3.05, 3.63) is 46.0 Å². The number of nitrogens with zero attached hydrogens (tertiary/aromatic N) is 10. The molecule has 0 aliphatic carbocycles. The predicted molar refractivity (Wildman–Crippen MR) is 244 cm³/mol. The molecule has 3 aliphatic rings. The summed E-state index contributed by atoms with van der Waals surface area (Å²) in [7, 11) is -8.97. The van der Waals surface area contributed by atoms with Crippen molar-refractivity contribution in [3.8, 4) is 0 Å². The van der Waals surface area contributed by atoms with Crippen molar-refractivity contribution in [2.45, 2.75) is 73.6 Å². The molecule has 0 radical (unpaired) electrons. The van der Waals surface area contributed by atoms with E-state index >= 15 is 0 Å². The number of aromatic nitrogens is 12. The van der Waals surface area contributed by atoms with E-state index in [-0.39, 0.29) is 51.2 Å². The number of aromatic amines is 2. The van der Waals surface area contributed by atoms with Gasteiger partial charge in [0.15, 0.2) is 41.4 Å². The van der Waals surface area contributed by atoms with E-state index in [1.165, 1.54) is 28.8 Å². The molecule has 0 aromatic carbocycles. The lowest BCUT2D eigenvalue weighted by atomic mass is 10.1. The van der Waals surface area contributed by atoms with Gasteiger partial charge < -0.3 is 102 Å². The van der Waals surface area contributed by atoms with Crippen LogP contribution in [0.1, 0.15) is 18.7 Å². The average molecular weight is 1170 g/mol. The van der Waals surface area contributed by atoms with E-state index in [0.717, 1.165) is 28.9 Å². The lowest BCUT2D eigenvalue weighted by Crippen LogP contribution is -2.46. The second-order valence-corrected chi connectivity index (χ2v) is 24.9. The van der Waals surface area contributed by atoms with Gasteiger partial charge in [-0.05, 0) is 0 Å². The van der Waals surface area contributed by atoms with Crippen LogP contribution in [0.4, 0.5) is 17.7 Å². The summed E-state index contributed by atoms with van der Waals surface area (Å²) in [6, 6.07) is 0. The van der Waals surface area contributed by atoms with Crippen molar-refractivity contribution < 1.29 is 99.0 Å². The van der Waals surface area contributed by atoms with Gasteiger partial charge >= 0.3 is 5.65 Å². The molecule has 6 aromatic heterocycles. The van der Waals surface area contributed by atoms with E-state index < -0.39 is 134 Å². The standard InChI is InChI=1S/C32H43N15O22P4S2/c1-44-9-47(25-15(44)27(53)43-32(35)41-25)29-19(51)17(49)11(65-29)4-62-71(56,57)68-73(59,75)69-72(58,74)63-5-12-20(21(60-2)30(66-12)45-7-38-13-22(33)36-6-37-23(13)45)67-70(54,55)61-3-10-16(48)18(50)28(64-10)46-8-39-14-24(46)40-31(34)42-26(14)52/h6-12,16-21,28-30,48-51H,3-5H2,1-2H3,(H11-,33,34,35,36,37,40,41,42,43,52,53,54,55,56,57,58,59,74,75)/p-3. The summed E-state index contributed by atoms with van der Waals surface area (Å²) in [6.45, 7) is -14.1. The second kappa shape index (κ2) is 20.8. The average Bonchev–Trinajstić information content (AvgIpc) is 4.17. The lowest BCUT2D eigenvalue weighted by Gasteiger charge is -2.38. The van der Waals surface area contributed by atoms with Crippen LogP contribution in [0.25, 0.3) is 33.5 Å². The maximum Gasteiger partial charge on any atom is 0.313 e. The molecule has 0 saturated carbocycles. The first-order valence-corrected chi connectivity index (χ1v) is 29.1. The third-order valence-electron chi connectivity index (χ3n) is 11.5. The highest BCUT2D eigenvalue weighted by molar-refractivity contribution is 8.34. The minimum absolute atomic E-state index is 0.00853. The van der Waals surface area contributed by atoms with Crippen LogP contribution in [0, 0.1) is 0 Å². The summed E-state index contributed by atoms with van der Waals surface area (Å²) < 4.78 is 97.2. The zero-order valence-electron chi connectivity index (χ0n) is 37.8. The number of methoxy groups -OCH3 is 1. The van der Waals surface area contributed by atoms with Gasteiger partial charge in [0.2, 0.25) is 24.5 Å². The number of nitrogens with two attached hydrogens (primary N) is 3. The molecule has 75 heavy (non-hydrogen) atoms. The first kappa shape index (κ1) is 55.4. The quantitative estimate of drug-likeness (QED) is 0.0207. The Morgan fingerprint density at radius 3 is 2.07 bits per heavy atom. The Balaban J connectivity index is 0.862. The Labute approximate surface area is 426 Å². The topological polar surface area (TPSA) is 533 Å². The van der Waals surface area contributed by atoms with Crippen molar-refractivity contribution >= 4 is 104 Å². The fourth-order valence-corrected chi connectivity index (χ4v) is 15.5. The Bertz CT molecular complexity index is 3480. The van der Waals surface area contributed by atoms with Crippen molar-refractivity contribution in [3.63, 3.8) is 0 Å². The number of nitrogen functional groups attached to an aromatic ring is 3. The fourth-order valence-electron chi connectivity index (χ4n) is 8.26. The summed E-state index contributed by atoms with van der Waals surface area (Å²) in [5, 5.41) is 43.2. The van der Waals surface area contributed by atoms with Gasteiger partial charge in [0.25, 0.3) is 32.7 Å². The maximum absolute atomic E-state index is 13.6. The third-order valence-corrected chi connectivity index (χ3v) is 18.7. The van der Waals surface area contributed by atoms with Crippen LogP contribution in [0.2, 0.25) is 0 Å².